The predicted octanol–water partition coefficient (Wildman–Crippen LogP) is 5.65. The van der Waals surface area contributed by atoms with Crippen molar-refractivity contribution in [2.45, 2.75) is 34.6 Å². The van der Waals surface area contributed by atoms with Crippen molar-refractivity contribution < 1.29 is 14.8 Å². The number of pyridine rings is 1. The molecule has 1 heterocycles. The van der Waals surface area contributed by atoms with Crippen LogP contribution in [0.3, 0.4) is 0 Å². The molecule has 0 bridgehead atoms. The zero-order valence-corrected chi connectivity index (χ0v) is 18.2. The van der Waals surface area contributed by atoms with Crippen LogP contribution in [0.2, 0.25) is 0 Å². The Labute approximate surface area is 169 Å². The van der Waals surface area contributed by atoms with Crippen LogP contribution in [0.5, 0.6) is 5.75 Å². The van der Waals surface area contributed by atoms with Crippen LogP contribution in [0.15, 0.2) is 30.4 Å². The van der Waals surface area contributed by atoms with Gasteiger partial charge < -0.3 is 9.79 Å². The van der Waals surface area contributed by atoms with Crippen molar-refractivity contribution in [2.24, 2.45) is 0 Å². The number of allylic oxidation sites excluding steroid dienone is 2. The van der Waals surface area contributed by atoms with Gasteiger partial charge in [0.2, 0.25) is 0 Å². The fourth-order valence-corrected chi connectivity index (χ4v) is 2.63. The smallest absolute Gasteiger partial charge is 0.180 e. The van der Waals surface area contributed by atoms with Crippen LogP contribution in [0.1, 0.15) is 44.5 Å². The minimum absolute atomic E-state index is 0.559. The molecular weight excluding hydrogens is 352 g/mol. The summed E-state index contributed by atoms with van der Waals surface area (Å²) in [6, 6.07) is 5.95. The quantitative estimate of drug-likeness (QED) is 0.366. The van der Waals surface area contributed by atoms with Crippen LogP contribution >= 0.6 is 0 Å². The van der Waals surface area contributed by atoms with E-state index in [4.69, 9.17) is 14.9 Å². The number of terminal acetylenes is 1. The van der Waals surface area contributed by atoms with Gasteiger partial charge in [-0.2, -0.15) is 4.89 Å². The topological polar surface area (TPSA) is 43.8 Å². The fourth-order valence-electron chi connectivity index (χ4n) is 2.63. The molecule has 0 unspecified atom stereocenters. The van der Waals surface area contributed by atoms with E-state index in [1.807, 2.05) is 71.0 Å². The third-order valence-corrected chi connectivity index (χ3v) is 3.71. The van der Waals surface area contributed by atoms with Gasteiger partial charge in [0.25, 0.3) is 0 Å². The van der Waals surface area contributed by atoms with E-state index in [9.17, 15) is 0 Å². The Kier molecular flexibility index (Phi) is 12.0. The molecule has 2 rings (SSSR count). The van der Waals surface area contributed by atoms with Gasteiger partial charge in [0.1, 0.15) is 0 Å². The number of aromatic nitrogens is 1. The largest absolute Gasteiger partial charge is 0.376 e. The van der Waals surface area contributed by atoms with E-state index in [1.165, 1.54) is 7.11 Å². The summed E-state index contributed by atoms with van der Waals surface area (Å²) < 4.78 is 0. The third-order valence-electron chi connectivity index (χ3n) is 3.71. The number of fused-ring (bicyclic) bond motifs is 1. The van der Waals surface area contributed by atoms with Crippen molar-refractivity contribution >= 4 is 22.7 Å². The molecule has 0 aliphatic carbocycles. The highest BCUT2D eigenvalue weighted by Gasteiger charge is 2.14. The van der Waals surface area contributed by atoms with Gasteiger partial charge in [0.15, 0.2) is 5.75 Å². The highest BCUT2D eigenvalue weighted by atomic mass is 17.5. The van der Waals surface area contributed by atoms with Crippen LogP contribution < -0.4 is 4.89 Å². The highest BCUT2D eigenvalue weighted by Crippen LogP contribution is 2.31. The second-order valence-corrected chi connectivity index (χ2v) is 5.62. The molecule has 0 saturated heterocycles. The molecule has 1 aromatic carbocycles. The van der Waals surface area contributed by atoms with E-state index in [2.05, 4.69) is 36.8 Å². The van der Waals surface area contributed by atoms with Crippen molar-refractivity contribution in [3.05, 3.63) is 47.2 Å². The van der Waals surface area contributed by atoms with Crippen LogP contribution in [-0.2, 0) is 9.93 Å². The number of hydrogen-bond donors (Lipinski definition) is 0. The maximum Gasteiger partial charge on any atom is 0.180 e. The monoisotopic (exact) mass is 384 g/mol. The first kappa shape index (κ1) is 25.2. The van der Waals surface area contributed by atoms with Gasteiger partial charge in [-0.05, 0) is 49.1 Å². The molecule has 2 aromatic rings. The van der Waals surface area contributed by atoms with Crippen LogP contribution in [-0.4, -0.2) is 31.1 Å². The first-order chi connectivity index (χ1) is 13.5. The molecule has 0 amide bonds. The van der Waals surface area contributed by atoms with Gasteiger partial charge in [-0.1, -0.05) is 32.1 Å². The molecule has 1 aromatic heterocycles. The normalized spacial score (nSPS) is 10.7. The fraction of sp³-hybridized carbons (Fsp3) is 0.348. The Morgan fingerprint density at radius 3 is 2.25 bits per heavy atom. The minimum Gasteiger partial charge on any atom is -0.376 e. The van der Waals surface area contributed by atoms with Crippen LogP contribution in [0, 0.1) is 19.8 Å². The zero-order chi connectivity index (χ0) is 21.7. The summed E-state index contributed by atoms with van der Waals surface area (Å²) >= 11 is 0. The first-order valence-corrected chi connectivity index (χ1v) is 9.14. The third kappa shape index (κ3) is 6.41. The van der Waals surface area contributed by atoms with Crippen molar-refractivity contribution in [1.29, 1.82) is 0 Å². The van der Waals surface area contributed by atoms with Gasteiger partial charge in [0, 0.05) is 25.5 Å². The maximum atomic E-state index is 5.32. The predicted molar refractivity (Wildman–Crippen MR) is 118 cm³/mol. The number of nitrogens with zero attached hydrogens (tertiary/aromatic N) is 2. The molecule has 0 aliphatic heterocycles. The summed E-state index contributed by atoms with van der Waals surface area (Å²) in [6.45, 7) is 10.0. The summed E-state index contributed by atoms with van der Waals surface area (Å²) in [5, 5.41) is 5.57. The molecule has 0 saturated carbocycles. The van der Waals surface area contributed by atoms with E-state index >= 15 is 0 Å². The van der Waals surface area contributed by atoms with Crippen LogP contribution in [0.25, 0.3) is 22.7 Å². The van der Waals surface area contributed by atoms with Gasteiger partial charge in [-0.15, -0.1) is 12.8 Å². The first-order valence-electron chi connectivity index (χ1n) is 9.14. The average Bonchev–Trinajstić information content (AvgIpc) is 2.70. The van der Waals surface area contributed by atoms with Crippen molar-refractivity contribution in [2.75, 3.05) is 21.2 Å². The van der Waals surface area contributed by atoms with Crippen molar-refractivity contribution in [3.8, 4) is 18.6 Å². The summed E-state index contributed by atoms with van der Waals surface area (Å²) in [4.78, 5) is 16.7. The van der Waals surface area contributed by atoms with E-state index in [0.717, 1.165) is 33.4 Å². The van der Waals surface area contributed by atoms with Crippen molar-refractivity contribution in [3.63, 3.8) is 0 Å². The number of benzene rings is 1. The number of aryl methyl sites for hydroxylation is 1. The lowest BCUT2D eigenvalue weighted by atomic mass is 10.0. The molecule has 0 fully saturated rings. The molecule has 5 nitrogen and oxygen atoms in total. The van der Waals surface area contributed by atoms with Crippen molar-refractivity contribution in [1.82, 2.24) is 9.88 Å². The molecule has 0 spiro atoms. The van der Waals surface area contributed by atoms with Gasteiger partial charge >= 0.3 is 0 Å². The maximum absolute atomic E-state index is 5.32. The van der Waals surface area contributed by atoms with E-state index in [0.29, 0.717) is 5.75 Å². The molecule has 5 heteroatoms. The lowest BCUT2D eigenvalue weighted by Gasteiger charge is -2.18. The minimum atomic E-state index is 0.559. The number of rotatable bonds is 6. The van der Waals surface area contributed by atoms with E-state index in [-0.39, 0.29) is 0 Å². The molecule has 0 atom stereocenters. The molecule has 0 aliphatic rings. The zero-order valence-electron chi connectivity index (χ0n) is 18.2. The summed E-state index contributed by atoms with van der Waals surface area (Å²) in [5.74, 6) is 0.559. The Morgan fingerprint density at radius 1 is 1.11 bits per heavy atom. The number of hydrogen-bond acceptors (Lipinski definition) is 5. The summed E-state index contributed by atoms with van der Waals surface area (Å²) in [6.07, 6.45) is 14.1. The standard InChI is InChI=1S/C19H24N2O3.C2H6.C2H2/c1-7-9-14-11-15-16(10-13(14)3)20-17(18(8-2)21(4)5)12-19(15)23-24-22-6;2*1-2/h7-12H,1-6H3;1-2H3;1-2H/b9-7+,18-8-;;. The lowest BCUT2D eigenvalue weighted by Crippen LogP contribution is -2.11. The summed E-state index contributed by atoms with van der Waals surface area (Å²) in [5.41, 5.74) is 4.91. The summed E-state index contributed by atoms with van der Waals surface area (Å²) in [7, 11) is 5.36. The Bertz CT molecular complexity index is 821. The van der Waals surface area contributed by atoms with E-state index in [1.54, 1.807) is 0 Å². The SMILES string of the molecule is C#C.C/C=C(/c1cc(OOOC)c2cc(/C=C/C)c(C)cc2n1)N(C)C.CC. The van der Waals surface area contributed by atoms with E-state index < -0.39 is 0 Å². The highest BCUT2D eigenvalue weighted by molar-refractivity contribution is 5.89. The van der Waals surface area contributed by atoms with Crippen LogP contribution in [0.4, 0.5) is 0 Å². The molecule has 0 N–H and O–H groups in total. The molecule has 28 heavy (non-hydrogen) atoms. The van der Waals surface area contributed by atoms with Gasteiger partial charge in [-0.3, -0.25) is 0 Å². The molecule has 152 valence electrons. The second kappa shape index (κ2) is 13.4. The lowest BCUT2D eigenvalue weighted by molar-refractivity contribution is -0.453. The second-order valence-electron chi connectivity index (χ2n) is 5.62. The average molecular weight is 385 g/mol. The Morgan fingerprint density at radius 2 is 1.75 bits per heavy atom. The van der Waals surface area contributed by atoms with Gasteiger partial charge in [0.05, 0.1) is 24.0 Å². The Hall–Kier alpha value is -2.81. The Balaban J connectivity index is 0.00000171. The molecule has 0 radical (unpaired) electrons. The molecular formula is C23H32N2O3. The van der Waals surface area contributed by atoms with Gasteiger partial charge in [-0.25, -0.2) is 4.98 Å².